The fourth-order valence-corrected chi connectivity index (χ4v) is 3.06. The molecule has 2 aromatic carbocycles. The van der Waals surface area contributed by atoms with E-state index in [4.69, 9.17) is 11.6 Å². The number of carbonyl (C=O) groups excluding carboxylic acids is 1. The predicted molar refractivity (Wildman–Crippen MR) is 98.0 cm³/mol. The predicted octanol–water partition coefficient (Wildman–Crippen LogP) is 3.86. The third kappa shape index (κ3) is 3.71. The van der Waals surface area contributed by atoms with E-state index >= 15 is 0 Å². The van der Waals surface area contributed by atoms with E-state index in [-0.39, 0.29) is 12.0 Å². The highest BCUT2D eigenvalue weighted by atomic mass is 35.5. The molecule has 1 amide bonds. The summed E-state index contributed by atoms with van der Waals surface area (Å²) in [5, 5.41) is 13.0. The van der Waals surface area contributed by atoms with Crippen LogP contribution in [0.25, 0.3) is 0 Å². The molecule has 0 aliphatic carbocycles. The van der Waals surface area contributed by atoms with Gasteiger partial charge in [0.15, 0.2) is 0 Å². The highest BCUT2D eigenvalue weighted by Gasteiger charge is 2.17. The van der Waals surface area contributed by atoms with Crippen LogP contribution in [-0.4, -0.2) is 30.2 Å². The van der Waals surface area contributed by atoms with Crippen LogP contribution in [0, 0.1) is 6.92 Å². The Hall–Kier alpha value is -2.04. The minimum Gasteiger partial charge on any atom is -0.393 e. The van der Waals surface area contributed by atoms with E-state index in [1.807, 2.05) is 43.3 Å². The summed E-state index contributed by atoms with van der Waals surface area (Å²) in [6, 6.07) is 13.1. The Kier molecular flexibility index (Phi) is 5.07. The van der Waals surface area contributed by atoms with Crippen molar-refractivity contribution in [1.29, 1.82) is 0 Å². The van der Waals surface area contributed by atoms with Gasteiger partial charge in [-0.25, -0.2) is 0 Å². The standard InChI is InChI=1S/C19H21ClN2O2/c1-13-3-2-4-17(18(13)20)21-19(24)14-5-7-15(8-6-14)22-11-9-16(23)10-12-22/h2-8,16,23H,9-12H2,1H3,(H,21,24). The van der Waals surface area contributed by atoms with Gasteiger partial charge in [0.25, 0.3) is 5.91 Å². The summed E-state index contributed by atoms with van der Waals surface area (Å²) < 4.78 is 0. The van der Waals surface area contributed by atoms with Gasteiger partial charge in [-0.05, 0) is 55.7 Å². The SMILES string of the molecule is Cc1cccc(NC(=O)c2ccc(N3CCC(O)CC3)cc2)c1Cl. The van der Waals surface area contributed by atoms with Gasteiger partial charge in [-0.1, -0.05) is 23.7 Å². The van der Waals surface area contributed by atoms with Gasteiger partial charge in [-0.15, -0.1) is 0 Å². The monoisotopic (exact) mass is 344 g/mol. The third-order valence-corrected chi connectivity index (χ3v) is 4.90. The van der Waals surface area contributed by atoms with E-state index in [1.165, 1.54) is 0 Å². The molecule has 0 atom stereocenters. The molecule has 4 nitrogen and oxygen atoms in total. The van der Waals surface area contributed by atoms with Crippen molar-refractivity contribution in [3.8, 4) is 0 Å². The summed E-state index contributed by atoms with van der Waals surface area (Å²) in [4.78, 5) is 14.6. The number of hydrogen-bond donors (Lipinski definition) is 2. The first-order chi connectivity index (χ1) is 11.5. The second kappa shape index (κ2) is 7.24. The molecule has 3 rings (SSSR count). The number of anilines is 2. The number of nitrogens with zero attached hydrogens (tertiary/aromatic N) is 1. The molecule has 1 fully saturated rings. The first kappa shape index (κ1) is 16.8. The van der Waals surface area contributed by atoms with Gasteiger partial charge in [0.05, 0.1) is 16.8 Å². The normalized spacial score (nSPS) is 15.4. The van der Waals surface area contributed by atoms with E-state index in [0.717, 1.165) is 37.2 Å². The summed E-state index contributed by atoms with van der Waals surface area (Å²) in [5.74, 6) is -0.178. The molecule has 1 heterocycles. The van der Waals surface area contributed by atoms with Gasteiger partial charge in [0.1, 0.15) is 0 Å². The van der Waals surface area contributed by atoms with Crippen LogP contribution >= 0.6 is 11.6 Å². The van der Waals surface area contributed by atoms with Crippen molar-refractivity contribution < 1.29 is 9.90 Å². The molecule has 0 aromatic heterocycles. The fraction of sp³-hybridized carbons (Fsp3) is 0.316. The minimum absolute atomic E-state index is 0.178. The Balaban J connectivity index is 1.69. The Morgan fingerprint density at radius 2 is 1.83 bits per heavy atom. The van der Waals surface area contributed by atoms with E-state index in [1.54, 1.807) is 6.07 Å². The molecule has 2 N–H and O–H groups in total. The molecule has 0 saturated carbocycles. The topological polar surface area (TPSA) is 52.6 Å². The zero-order valence-electron chi connectivity index (χ0n) is 13.6. The molecule has 126 valence electrons. The maximum Gasteiger partial charge on any atom is 0.255 e. The Morgan fingerprint density at radius 1 is 1.17 bits per heavy atom. The van der Waals surface area contributed by atoms with Gasteiger partial charge in [-0.2, -0.15) is 0 Å². The molecule has 1 saturated heterocycles. The maximum atomic E-state index is 12.4. The lowest BCUT2D eigenvalue weighted by molar-refractivity contribution is 0.102. The van der Waals surface area contributed by atoms with Gasteiger partial charge < -0.3 is 15.3 Å². The number of halogens is 1. The van der Waals surface area contributed by atoms with Gasteiger partial charge in [-0.3, -0.25) is 4.79 Å². The Morgan fingerprint density at radius 3 is 2.50 bits per heavy atom. The minimum atomic E-state index is -0.189. The number of amides is 1. The Labute approximate surface area is 147 Å². The molecule has 0 unspecified atom stereocenters. The molecule has 1 aliphatic rings. The van der Waals surface area contributed by atoms with Crippen molar-refractivity contribution in [2.45, 2.75) is 25.9 Å². The van der Waals surface area contributed by atoms with Gasteiger partial charge >= 0.3 is 0 Å². The molecule has 0 spiro atoms. The average Bonchev–Trinajstić information content (AvgIpc) is 2.60. The van der Waals surface area contributed by atoms with Crippen LogP contribution in [0.1, 0.15) is 28.8 Å². The fourth-order valence-electron chi connectivity index (χ4n) is 2.89. The molecule has 5 heteroatoms. The summed E-state index contributed by atoms with van der Waals surface area (Å²) in [5.41, 5.74) is 3.22. The largest absolute Gasteiger partial charge is 0.393 e. The number of nitrogens with one attached hydrogen (secondary N) is 1. The molecule has 0 bridgehead atoms. The molecule has 24 heavy (non-hydrogen) atoms. The van der Waals surface area contributed by atoms with Gasteiger partial charge in [0.2, 0.25) is 0 Å². The first-order valence-electron chi connectivity index (χ1n) is 8.14. The molecule has 1 aliphatic heterocycles. The van der Waals surface area contributed by atoms with Crippen molar-refractivity contribution in [1.82, 2.24) is 0 Å². The highest BCUT2D eigenvalue weighted by Crippen LogP contribution is 2.26. The van der Waals surface area contributed by atoms with Gasteiger partial charge in [0, 0.05) is 24.3 Å². The van der Waals surface area contributed by atoms with Crippen molar-refractivity contribution >= 4 is 28.9 Å². The van der Waals surface area contributed by atoms with Crippen LogP contribution in [0.5, 0.6) is 0 Å². The maximum absolute atomic E-state index is 12.4. The zero-order chi connectivity index (χ0) is 17.1. The summed E-state index contributed by atoms with van der Waals surface area (Å²) in [6.07, 6.45) is 1.38. The molecular weight excluding hydrogens is 324 g/mol. The van der Waals surface area contributed by atoms with Crippen LogP contribution in [0.4, 0.5) is 11.4 Å². The van der Waals surface area contributed by atoms with Crippen LogP contribution in [-0.2, 0) is 0 Å². The van der Waals surface area contributed by atoms with E-state index < -0.39 is 0 Å². The number of aryl methyl sites for hydroxylation is 1. The average molecular weight is 345 g/mol. The highest BCUT2D eigenvalue weighted by molar-refractivity contribution is 6.34. The van der Waals surface area contributed by atoms with Crippen molar-refractivity contribution in [2.75, 3.05) is 23.3 Å². The summed E-state index contributed by atoms with van der Waals surface area (Å²) in [7, 11) is 0. The molecule has 0 radical (unpaired) electrons. The van der Waals surface area contributed by atoms with Crippen molar-refractivity contribution in [3.63, 3.8) is 0 Å². The second-order valence-corrected chi connectivity index (χ2v) is 6.53. The number of aliphatic hydroxyl groups is 1. The van der Waals surface area contributed by atoms with Crippen LogP contribution < -0.4 is 10.2 Å². The quantitative estimate of drug-likeness (QED) is 0.888. The second-order valence-electron chi connectivity index (χ2n) is 6.16. The lowest BCUT2D eigenvalue weighted by Crippen LogP contribution is -2.35. The lowest BCUT2D eigenvalue weighted by atomic mass is 10.1. The van der Waals surface area contributed by atoms with Crippen LogP contribution in [0.15, 0.2) is 42.5 Å². The summed E-state index contributed by atoms with van der Waals surface area (Å²) in [6.45, 7) is 3.58. The number of piperidine rings is 1. The molecular formula is C19H21ClN2O2. The molecule has 2 aromatic rings. The number of hydrogen-bond acceptors (Lipinski definition) is 3. The van der Waals surface area contributed by atoms with E-state index in [2.05, 4.69) is 10.2 Å². The first-order valence-corrected chi connectivity index (χ1v) is 8.52. The Bertz CT molecular complexity index is 723. The van der Waals surface area contributed by atoms with E-state index in [0.29, 0.717) is 16.3 Å². The lowest BCUT2D eigenvalue weighted by Gasteiger charge is -2.31. The number of benzene rings is 2. The number of carbonyl (C=O) groups is 1. The number of aliphatic hydroxyl groups excluding tert-OH is 1. The third-order valence-electron chi connectivity index (χ3n) is 4.40. The van der Waals surface area contributed by atoms with Crippen molar-refractivity contribution in [3.05, 3.63) is 58.6 Å². The van der Waals surface area contributed by atoms with Crippen LogP contribution in [0.3, 0.4) is 0 Å². The van der Waals surface area contributed by atoms with Crippen molar-refractivity contribution in [2.24, 2.45) is 0 Å². The number of rotatable bonds is 3. The smallest absolute Gasteiger partial charge is 0.255 e. The zero-order valence-corrected chi connectivity index (χ0v) is 14.4. The van der Waals surface area contributed by atoms with Crippen LogP contribution in [0.2, 0.25) is 5.02 Å². The summed E-state index contributed by atoms with van der Waals surface area (Å²) >= 11 is 6.22. The van der Waals surface area contributed by atoms with E-state index in [9.17, 15) is 9.90 Å².